The van der Waals surface area contributed by atoms with Gasteiger partial charge in [-0.2, -0.15) is 0 Å². The zero-order valence-electron chi connectivity index (χ0n) is 15.2. The molecule has 26 heavy (non-hydrogen) atoms. The second-order valence-corrected chi connectivity index (χ2v) is 7.85. The maximum Gasteiger partial charge on any atom is 0.415 e. The number of carbonyl (C=O) groups excluding carboxylic acids is 2. The van der Waals surface area contributed by atoms with Crippen LogP contribution in [0, 0.1) is 0 Å². The van der Waals surface area contributed by atoms with Gasteiger partial charge in [-0.05, 0) is 60.5 Å². The van der Waals surface area contributed by atoms with E-state index in [1.54, 1.807) is 18.2 Å². The maximum absolute atomic E-state index is 12.7. The summed E-state index contributed by atoms with van der Waals surface area (Å²) in [6, 6.07) is 9.15. The van der Waals surface area contributed by atoms with E-state index in [0.717, 1.165) is 10.8 Å². The van der Waals surface area contributed by atoms with Crippen molar-refractivity contribution in [2.45, 2.75) is 33.3 Å². The van der Waals surface area contributed by atoms with Gasteiger partial charge < -0.3 is 4.74 Å². The van der Waals surface area contributed by atoms with Gasteiger partial charge in [-0.15, -0.1) is 0 Å². The van der Waals surface area contributed by atoms with E-state index in [1.165, 1.54) is 17.4 Å². The third kappa shape index (κ3) is 4.65. The number of hydrogen-bond donors (Lipinski definition) is 0. The maximum atomic E-state index is 12.7. The summed E-state index contributed by atoms with van der Waals surface area (Å²) >= 11 is 9.24. The summed E-state index contributed by atoms with van der Waals surface area (Å²) in [6.07, 6.45) is 1.18. The van der Waals surface area contributed by atoms with Crippen molar-refractivity contribution in [3.63, 3.8) is 0 Å². The number of halogens is 2. The van der Waals surface area contributed by atoms with Crippen LogP contribution in [0.4, 0.5) is 10.5 Å². The summed E-state index contributed by atoms with van der Waals surface area (Å²) in [7, 11) is 0. The van der Waals surface area contributed by atoms with E-state index in [4.69, 9.17) is 16.3 Å². The number of hydrogen-bond acceptors (Lipinski definition) is 3. The van der Waals surface area contributed by atoms with Crippen molar-refractivity contribution in [3.05, 3.63) is 52.0 Å². The zero-order valence-corrected chi connectivity index (χ0v) is 17.5. The Labute approximate surface area is 166 Å². The lowest BCUT2D eigenvalue weighted by molar-refractivity contribution is 0.0584. The van der Waals surface area contributed by atoms with Crippen molar-refractivity contribution in [1.82, 2.24) is 0 Å². The highest BCUT2D eigenvalue weighted by molar-refractivity contribution is 9.10. The Bertz CT molecular complexity index is 871. The largest absolute Gasteiger partial charge is 0.443 e. The molecule has 0 aliphatic rings. The quantitative estimate of drug-likeness (QED) is 0.526. The number of fused-ring (bicyclic) bond motifs is 1. The predicted octanol–water partition coefficient (Wildman–Crippen LogP) is 6.30. The lowest BCUT2D eigenvalue weighted by atomic mass is 10.0. The molecular formula is C20H21BrClNO3. The second kappa shape index (κ2) is 8.23. The number of nitrogens with zero attached hydrogens (tertiary/aromatic N) is 1. The molecule has 0 unspecified atom stereocenters. The summed E-state index contributed by atoms with van der Waals surface area (Å²) in [5, 5.41) is 1.67. The van der Waals surface area contributed by atoms with E-state index in [9.17, 15) is 9.59 Å². The molecule has 0 radical (unpaired) electrons. The molecule has 138 valence electrons. The first-order valence-electron chi connectivity index (χ1n) is 8.13. The number of ether oxygens (including phenoxy) is 1. The minimum absolute atomic E-state index is 0.00989. The van der Waals surface area contributed by atoms with Gasteiger partial charge in [0.1, 0.15) is 5.60 Å². The van der Waals surface area contributed by atoms with Gasteiger partial charge >= 0.3 is 6.09 Å². The first kappa shape index (κ1) is 20.5. The van der Waals surface area contributed by atoms with E-state index < -0.39 is 11.7 Å². The lowest BCUT2D eigenvalue weighted by Gasteiger charge is -2.27. The fraction of sp³-hybridized carbons (Fsp3) is 0.300. The fourth-order valence-corrected chi connectivity index (χ4v) is 3.33. The molecule has 0 bridgehead atoms. The smallest absolute Gasteiger partial charge is 0.415 e. The Morgan fingerprint density at radius 1 is 1.19 bits per heavy atom. The van der Waals surface area contributed by atoms with E-state index in [2.05, 4.69) is 15.9 Å². The first-order valence-corrected chi connectivity index (χ1v) is 9.36. The second-order valence-electron chi connectivity index (χ2n) is 6.81. The van der Waals surface area contributed by atoms with Gasteiger partial charge in [-0.3, -0.25) is 9.69 Å². The molecule has 0 N–H and O–H groups in total. The molecular weight excluding hydrogens is 418 g/mol. The molecule has 0 aliphatic heterocycles. The van der Waals surface area contributed by atoms with Gasteiger partial charge in [0.05, 0.1) is 5.69 Å². The van der Waals surface area contributed by atoms with Crippen molar-refractivity contribution in [1.29, 1.82) is 0 Å². The first-order chi connectivity index (χ1) is 12.2. The average Bonchev–Trinajstić information content (AvgIpc) is 2.54. The molecule has 2 aromatic carbocycles. The Hall–Kier alpha value is -1.85. The van der Waals surface area contributed by atoms with Crippen LogP contribution in [0.2, 0.25) is 0 Å². The molecule has 2 aromatic rings. The topological polar surface area (TPSA) is 46.6 Å². The van der Waals surface area contributed by atoms with E-state index in [1.807, 2.05) is 39.0 Å². The molecule has 1 amide bonds. The van der Waals surface area contributed by atoms with Crippen molar-refractivity contribution >= 4 is 55.9 Å². The van der Waals surface area contributed by atoms with E-state index in [-0.39, 0.29) is 12.3 Å². The minimum atomic E-state index is -0.620. The van der Waals surface area contributed by atoms with Crippen molar-refractivity contribution in [2.75, 3.05) is 11.4 Å². The number of amides is 1. The van der Waals surface area contributed by atoms with Gasteiger partial charge in [0, 0.05) is 22.1 Å². The molecule has 0 saturated heterocycles. The van der Waals surface area contributed by atoms with Crippen LogP contribution >= 0.6 is 27.5 Å². The average molecular weight is 439 g/mol. The SMILES string of the molecule is CC(=O)c1cccc2c(Br)c(N(C/C=C/Cl)C(=O)OC(C)(C)C)ccc12. The number of anilines is 1. The highest BCUT2D eigenvalue weighted by Gasteiger charge is 2.25. The summed E-state index contributed by atoms with van der Waals surface area (Å²) in [5.74, 6) is -0.00989. The third-order valence-corrected chi connectivity index (χ3v) is 4.65. The van der Waals surface area contributed by atoms with Crippen molar-refractivity contribution < 1.29 is 14.3 Å². The fourth-order valence-electron chi connectivity index (χ4n) is 2.56. The van der Waals surface area contributed by atoms with Gasteiger partial charge in [-0.25, -0.2) is 4.79 Å². The summed E-state index contributed by atoms with van der Waals surface area (Å²) < 4.78 is 6.23. The van der Waals surface area contributed by atoms with Gasteiger partial charge in [0.15, 0.2) is 5.78 Å². The summed E-state index contributed by atoms with van der Waals surface area (Å²) in [4.78, 5) is 26.0. The minimum Gasteiger partial charge on any atom is -0.443 e. The molecule has 0 spiro atoms. The van der Waals surface area contributed by atoms with Crippen LogP contribution in [-0.4, -0.2) is 24.0 Å². The molecule has 0 saturated carbocycles. The van der Waals surface area contributed by atoms with Crippen LogP contribution in [0.3, 0.4) is 0 Å². The number of Topliss-reactive ketones (excluding diaryl/α,β-unsaturated/α-hetero) is 1. The number of ketones is 1. The van der Waals surface area contributed by atoms with Crippen LogP contribution in [0.5, 0.6) is 0 Å². The Morgan fingerprint density at radius 3 is 2.46 bits per heavy atom. The van der Waals surface area contributed by atoms with Gasteiger partial charge in [0.25, 0.3) is 0 Å². The number of benzene rings is 2. The molecule has 2 rings (SSSR count). The highest BCUT2D eigenvalue weighted by atomic mass is 79.9. The van der Waals surface area contributed by atoms with Gasteiger partial charge in [-0.1, -0.05) is 41.9 Å². The summed E-state index contributed by atoms with van der Waals surface area (Å²) in [5.41, 5.74) is 2.02. The van der Waals surface area contributed by atoms with Crippen LogP contribution < -0.4 is 4.90 Å². The number of rotatable bonds is 4. The molecule has 4 nitrogen and oxygen atoms in total. The monoisotopic (exact) mass is 437 g/mol. The molecule has 0 fully saturated rings. The van der Waals surface area contributed by atoms with Crippen LogP contribution in [0.1, 0.15) is 38.1 Å². The van der Waals surface area contributed by atoms with E-state index >= 15 is 0 Å². The zero-order chi connectivity index (χ0) is 19.5. The molecule has 0 aromatic heterocycles. The Balaban J connectivity index is 2.58. The summed E-state index contributed by atoms with van der Waals surface area (Å²) in [6.45, 7) is 7.24. The molecule has 0 atom stereocenters. The number of carbonyl (C=O) groups is 2. The molecule has 0 heterocycles. The Morgan fingerprint density at radius 2 is 1.88 bits per heavy atom. The molecule has 0 aliphatic carbocycles. The lowest BCUT2D eigenvalue weighted by Crippen LogP contribution is -2.37. The highest BCUT2D eigenvalue weighted by Crippen LogP contribution is 2.36. The van der Waals surface area contributed by atoms with Crippen molar-refractivity contribution in [2.24, 2.45) is 0 Å². The molecule has 6 heteroatoms. The van der Waals surface area contributed by atoms with Crippen molar-refractivity contribution in [3.8, 4) is 0 Å². The normalized spacial score (nSPS) is 11.8. The predicted molar refractivity (Wildman–Crippen MR) is 110 cm³/mol. The standard InChI is InChI=1S/C20H21BrClNO3/c1-13(24)14-7-5-8-16-15(14)9-10-17(18(16)21)23(12-6-11-22)19(25)26-20(2,3)4/h5-11H,12H2,1-4H3/b11-6+. The van der Waals surface area contributed by atoms with Crippen LogP contribution in [0.15, 0.2) is 46.4 Å². The Kier molecular flexibility index (Phi) is 6.48. The van der Waals surface area contributed by atoms with Gasteiger partial charge in [0.2, 0.25) is 0 Å². The van der Waals surface area contributed by atoms with Crippen LogP contribution in [0.25, 0.3) is 10.8 Å². The van der Waals surface area contributed by atoms with E-state index in [0.29, 0.717) is 15.7 Å². The van der Waals surface area contributed by atoms with Crippen LogP contribution in [-0.2, 0) is 4.74 Å². The third-order valence-electron chi connectivity index (χ3n) is 3.64.